The van der Waals surface area contributed by atoms with Gasteiger partial charge in [0.1, 0.15) is 0 Å². The van der Waals surface area contributed by atoms with Gasteiger partial charge in [0.05, 0.1) is 11.6 Å². The van der Waals surface area contributed by atoms with Gasteiger partial charge in [-0.05, 0) is 37.9 Å². The van der Waals surface area contributed by atoms with Crippen LogP contribution < -0.4 is 0 Å². The average molecular weight is 252 g/mol. The highest BCUT2D eigenvalue weighted by Crippen LogP contribution is 2.42. The number of nitrogens with zero attached hydrogens (tertiary/aromatic N) is 2. The minimum absolute atomic E-state index is 0.588. The molecule has 0 aliphatic carbocycles. The van der Waals surface area contributed by atoms with Gasteiger partial charge in [-0.25, -0.2) is 0 Å². The first kappa shape index (κ1) is 11.3. The Kier molecular flexibility index (Phi) is 2.36. The van der Waals surface area contributed by atoms with Crippen LogP contribution in [0.1, 0.15) is 37.6 Å². The average Bonchev–Trinajstić information content (AvgIpc) is 2.79. The van der Waals surface area contributed by atoms with E-state index in [1.165, 1.54) is 36.0 Å². The van der Waals surface area contributed by atoms with E-state index in [0.717, 1.165) is 6.54 Å². The number of likely N-dealkylation sites (N-methyl/N-ethyl adjacent to an activating group) is 1. The van der Waals surface area contributed by atoms with Crippen molar-refractivity contribution in [3.63, 3.8) is 0 Å². The third-order valence-corrected chi connectivity index (χ3v) is 4.82. The molecule has 2 aliphatic rings. The van der Waals surface area contributed by atoms with Crippen LogP contribution in [-0.2, 0) is 6.42 Å². The molecule has 98 valence electrons. The highest BCUT2D eigenvalue weighted by molar-refractivity contribution is 5.89. The topological polar surface area (TPSA) is 8.17 Å². The summed E-state index contributed by atoms with van der Waals surface area (Å²) in [5.41, 5.74) is 5.95. The van der Waals surface area contributed by atoms with E-state index < -0.39 is 0 Å². The predicted octanol–water partition coefficient (Wildman–Crippen LogP) is 3.82. The van der Waals surface area contributed by atoms with Crippen molar-refractivity contribution in [1.29, 1.82) is 0 Å². The molecule has 1 aromatic heterocycles. The van der Waals surface area contributed by atoms with E-state index in [1.807, 2.05) is 0 Å². The summed E-state index contributed by atoms with van der Waals surface area (Å²) in [5.74, 6) is 0. The number of fused-ring (bicyclic) bond motifs is 3. The SMILES string of the molecule is CCN1CCc2c3n(c4ccccc24)C(C)=CCC31. The molecule has 2 aromatic rings. The van der Waals surface area contributed by atoms with Crippen molar-refractivity contribution >= 4 is 16.6 Å². The Balaban J connectivity index is 2.07. The Labute approximate surface area is 114 Å². The summed E-state index contributed by atoms with van der Waals surface area (Å²) in [4.78, 5) is 2.63. The zero-order valence-corrected chi connectivity index (χ0v) is 11.7. The Morgan fingerprint density at radius 1 is 1.26 bits per heavy atom. The molecule has 1 aromatic carbocycles. The van der Waals surface area contributed by atoms with Crippen molar-refractivity contribution in [3.05, 3.63) is 41.6 Å². The molecule has 2 nitrogen and oxygen atoms in total. The Morgan fingerprint density at radius 2 is 2.11 bits per heavy atom. The lowest BCUT2D eigenvalue weighted by Crippen LogP contribution is -2.37. The van der Waals surface area contributed by atoms with Gasteiger partial charge in [-0.2, -0.15) is 0 Å². The van der Waals surface area contributed by atoms with Gasteiger partial charge in [-0.1, -0.05) is 31.2 Å². The fraction of sp³-hybridized carbons (Fsp3) is 0.412. The van der Waals surface area contributed by atoms with Crippen LogP contribution in [0.4, 0.5) is 0 Å². The molecule has 19 heavy (non-hydrogen) atoms. The molecule has 2 aliphatic heterocycles. The van der Waals surface area contributed by atoms with Crippen LogP contribution >= 0.6 is 0 Å². The summed E-state index contributed by atoms with van der Waals surface area (Å²) in [6.07, 6.45) is 4.77. The number of hydrogen-bond donors (Lipinski definition) is 0. The van der Waals surface area contributed by atoms with E-state index in [0.29, 0.717) is 6.04 Å². The van der Waals surface area contributed by atoms with E-state index in [4.69, 9.17) is 0 Å². The second-order valence-corrected chi connectivity index (χ2v) is 5.69. The Hall–Kier alpha value is -1.54. The van der Waals surface area contributed by atoms with E-state index in [9.17, 15) is 0 Å². The molecule has 2 heteroatoms. The molecule has 4 rings (SSSR count). The summed E-state index contributed by atoms with van der Waals surface area (Å²) in [5, 5.41) is 1.47. The lowest BCUT2D eigenvalue weighted by atomic mass is 9.93. The number of allylic oxidation sites excluding steroid dienone is 1. The number of para-hydroxylation sites is 1. The van der Waals surface area contributed by atoms with Gasteiger partial charge in [0, 0.05) is 23.3 Å². The van der Waals surface area contributed by atoms with Crippen molar-refractivity contribution in [2.75, 3.05) is 13.1 Å². The van der Waals surface area contributed by atoms with Crippen LogP contribution in [0, 0.1) is 0 Å². The third kappa shape index (κ3) is 1.41. The Morgan fingerprint density at radius 3 is 2.95 bits per heavy atom. The van der Waals surface area contributed by atoms with E-state index in [2.05, 4.69) is 53.7 Å². The third-order valence-electron chi connectivity index (χ3n) is 4.82. The maximum Gasteiger partial charge on any atom is 0.0542 e. The molecule has 1 atom stereocenters. The van der Waals surface area contributed by atoms with Crippen LogP contribution in [0.2, 0.25) is 0 Å². The predicted molar refractivity (Wildman–Crippen MR) is 80.2 cm³/mol. The quantitative estimate of drug-likeness (QED) is 0.749. The zero-order valence-electron chi connectivity index (χ0n) is 11.7. The fourth-order valence-corrected chi connectivity index (χ4v) is 3.92. The molecular weight excluding hydrogens is 232 g/mol. The second kappa shape index (κ2) is 3.97. The minimum Gasteiger partial charge on any atom is -0.316 e. The van der Waals surface area contributed by atoms with E-state index >= 15 is 0 Å². The van der Waals surface area contributed by atoms with Crippen molar-refractivity contribution in [1.82, 2.24) is 9.47 Å². The van der Waals surface area contributed by atoms with Gasteiger partial charge < -0.3 is 4.57 Å². The summed E-state index contributed by atoms with van der Waals surface area (Å²) < 4.78 is 2.50. The monoisotopic (exact) mass is 252 g/mol. The first-order valence-electron chi connectivity index (χ1n) is 7.34. The molecule has 0 N–H and O–H groups in total. The van der Waals surface area contributed by atoms with Gasteiger partial charge >= 0.3 is 0 Å². The largest absolute Gasteiger partial charge is 0.316 e. The van der Waals surface area contributed by atoms with E-state index in [1.54, 1.807) is 11.3 Å². The van der Waals surface area contributed by atoms with Crippen molar-refractivity contribution < 1.29 is 0 Å². The summed E-state index contributed by atoms with van der Waals surface area (Å²) in [6, 6.07) is 9.48. The molecule has 0 bridgehead atoms. The van der Waals surface area contributed by atoms with Crippen LogP contribution in [0.15, 0.2) is 30.3 Å². The van der Waals surface area contributed by atoms with E-state index in [-0.39, 0.29) is 0 Å². The van der Waals surface area contributed by atoms with Gasteiger partial charge in [0.25, 0.3) is 0 Å². The molecular formula is C17H20N2. The zero-order chi connectivity index (χ0) is 13.0. The highest BCUT2D eigenvalue weighted by Gasteiger charge is 2.33. The fourth-order valence-electron chi connectivity index (χ4n) is 3.92. The molecule has 0 spiro atoms. The van der Waals surface area contributed by atoms with Gasteiger partial charge in [-0.15, -0.1) is 0 Å². The maximum atomic E-state index is 2.63. The number of benzene rings is 1. The van der Waals surface area contributed by atoms with Crippen LogP contribution in [0.5, 0.6) is 0 Å². The number of aromatic nitrogens is 1. The normalized spacial score (nSPS) is 22.4. The van der Waals surface area contributed by atoms with Gasteiger partial charge in [0.2, 0.25) is 0 Å². The molecule has 0 radical (unpaired) electrons. The summed E-state index contributed by atoms with van der Waals surface area (Å²) in [7, 11) is 0. The summed E-state index contributed by atoms with van der Waals surface area (Å²) >= 11 is 0. The highest BCUT2D eigenvalue weighted by atomic mass is 15.2. The molecule has 3 heterocycles. The molecule has 0 fully saturated rings. The lowest BCUT2D eigenvalue weighted by Gasteiger charge is -2.38. The number of rotatable bonds is 1. The van der Waals surface area contributed by atoms with Gasteiger partial charge in [-0.3, -0.25) is 4.90 Å². The maximum absolute atomic E-state index is 2.63. The van der Waals surface area contributed by atoms with Gasteiger partial charge in [0.15, 0.2) is 0 Å². The van der Waals surface area contributed by atoms with Crippen LogP contribution in [0.3, 0.4) is 0 Å². The smallest absolute Gasteiger partial charge is 0.0542 e. The lowest BCUT2D eigenvalue weighted by molar-refractivity contribution is 0.189. The molecule has 0 amide bonds. The first-order chi connectivity index (χ1) is 9.31. The standard InChI is InChI=1S/C17H20N2/c1-3-18-11-10-14-13-6-4-5-7-15(13)19-12(2)8-9-16(18)17(14)19/h4-8,16H,3,9-11H2,1-2H3. The summed E-state index contributed by atoms with van der Waals surface area (Å²) in [6.45, 7) is 6.88. The Bertz CT molecular complexity index is 678. The minimum atomic E-state index is 0.588. The van der Waals surface area contributed by atoms with Crippen LogP contribution in [0.25, 0.3) is 16.6 Å². The molecule has 0 saturated heterocycles. The van der Waals surface area contributed by atoms with Crippen LogP contribution in [-0.4, -0.2) is 22.6 Å². The molecule has 0 saturated carbocycles. The van der Waals surface area contributed by atoms with Crippen molar-refractivity contribution in [2.45, 2.75) is 32.7 Å². The van der Waals surface area contributed by atoms with Crippen molar-refractivity contribution in [2.24, 2.45) is 0 Å². The second-order valence-electron chi connectivity index (χ2n) is 5.69. The molecule has 1 unspecified atom stereocenters. The first-order valence-corrected chi connectivity index (χ1v) is 7.34. The van der Waals surface area contributed by atoms with Crippen molar-refractivity contribution in [3.8, 4) is 0 Å². The number of hydrogen-bond acceptors (Lipinski definition) is 1.